The first-order valence-corrected chi connectivity index (χ1v) is 22.8. The highest BCUT2D eigenvalue weighted by molar-refractivity contribution is 5.96. The molecule has 5 heterocycles. The molecule has 3 aliphatic heterocycles. The lowest BCUT2D eigenvalue weighted by Gasteiger charge is -2.36. The molecule has 4 N–H and O–H groups in total. The number of aromatic nitrogens is 2. The van der Waals surface area contributed by atoms with E-state index in [4.69, 9.17) is 14.5 Å². The number of benzene rings is 2. The van der Waals surface area contributed by atoms with Crippen LogP contribution in [0.15, 0.2) is 54.7 Å². The van der Waals surface area contributed by atoms with Gasteiger partial charge in [-0.1, -0.05) is 52.7 Å². The minimum absolute atomic E-state index is 0.0156. The topological polar surface area (TPSA) is 167 Å². The molecule has 1 saturated carbocycles. The van der Waals surface area contributed by atoms with Gasteiger partial charge in [0.1, 0.15) is 23.9 Å². The van der Waals surface area contributed by atoms with Crippen LogP contribution in [0, 0.1) is 17.3 Å². The number of carbonyl (C=O) groups excluding carboxylic acids is 4. The predicted molar refractivity (Wildman–Crippen MR) is 240 cm³/mol. The SMILES string of the molecule is CCn1c(-c2cccnc2[C@H](C)OC)c2c3cc(ccc31)-c1cc(O)cc(c1)C[C@H](NC(=O)[C@H](C(C)C)N1N[C@H]3CCCC[C@@H]3C1=O)C(=O)N1CCC[C@H](N1)C(=O)OCC(C)(C)C2. The van der Waals surface area contributed by atoms with Gasteiger partial charge in [0, 0.05) is 60.7 Å². The smallest absolute Gasteiger partial charge is 0.324 e. The van der Waals surface area contributed by atoms with Gasteiger partial charge < -0.3 is 24.5 Å². The molecular weight excluding hydrogens is 799 g/mol. The van der Waals surface area contributed by atoms with Crippen LogP contribution in [-0.2, 0) is 48.0 Å². The van der Waals surface area contributed by atoms with Crippen molar-refractivity contribution in [3.8, 4) is 28.1 Å². The lowest BCUT2D eigenvalue weighted by Crippen LogP contribution is -2.62. The fourth-order valence-electron chi connectivity index (χ4n) is 10.3. The number of hydrogen-bond acceptors (Lipinski definition) is 10. The summed E-state index contributed by atoms with van der Waals surface area (Å²) >= 11 is 0. The third-order valence-electron chi connectivity index (χ3n) is 13.5. The Morgan fingerprint density at radius 1 is 1.00 bits per heavy atom. The summed E-state index contributed by atoms with van der Waals surface area (Å²) in [5, 5.41) is 18.3. The minimum Gasteiger partial charge on any atom is -0.508 e. The van der Waals surface area contributed by atoms with E-state index in [2.05, 4.69) is 59.7 Å². The molecule has 4 aromatic rings. The Bertz CT molecular complexity index is 2390. The lowest BCUT2D eigenvalue weighted by atomic mass is 9.84. The number of carbonyl (C=O) groups is 4. The fourth-order valence-corrected chi connectivity index (χ4v) is 10.3. The van der Waals surface area contributed by atoms with Crippen LogP contribution in [0.3, 0.4) is 0 Å². The van der Waals surface area contributed by atoms with Crippen molar-refractivity contribution in [1.82, 2.24) is 35.7 Å². The maximum absolute atomic E-state index is 14.7. The molecule has 4 aliphatic rings. The second-order valence-electron chi connectivity index (χ2n) is 19.1. The second-order valence-corrected chi connectivity index (χ2v) is 19.1. The van der Waals surface area contributed by atoms with E-state index in [1.165, 1.54) is 10.0 Å². The third kappa shape index (κ3) is 8.82. The molecule has 2 saturated heterocycles. The van der Waals surface area contributed by atoms with Gasteiger partial charge in [0.25, 0.3) is 5.91 Å². The zero-order valence-corrected chi connectivity index (χ0v) is 37.7. The van der Waals surface area contributed by atoms with Crippen LogP contribution in [0.25, 0.3) is 33.3 Å². The highest BCUT2D eigenvalue weighted by atomic mass is 16.5. The highest BCUT2D eigenvalue weighted by Gasteiger charge is 2.47. The molecule has 3 amide bonds. The summed E-state index contributed by atoms with van der Waals surface area (Å²) in [6.07, 6.45) is 6.75. The lowest BCUT2D eigenvalue weighted by molar-refractivity contribution is -0.155. The first kappa shape index (κ1) is 44.3. The summed E-state index contributed by atoms with van der Waals surface area (Å²) in [7, 11) is 1.68. The number of fused-ring (bicyclic) bond motifs is 7. The number of esters is 1. The van der Waals surface area contributed by atoms with Crippen LogP contribution in [0.5, 0.6) is 5.75 Å². The molecule has 2 aromatic heterocycles. The van der Waals surface area contributed by atoms with Crippen LogP contribution in [0.1, 0.15) is 103 Å². The summed E-state index contributed by atoms with van der Waals surface area (Å²) < 4.78 is 14.2. The van der Waals surface area contributed by atoms with E-state index in [1.54, 1.807) is 25.4 Å². The van der Waals surface area contributed by atoms with Crippen LogP contribution >= 0.6 is 0 Å². The Hall–Kier alpha value is -5.31. The van der Waals surface area contributed by atoms with Gasteiger partial charge in [-0.2, -0.15) is 0 Å². The molecule has 2 aromatic carbocycles. The zero-order valence-electron chi connectivity index (χ0n) is 37.7. The number of phenolic OH excluding ortho intramolecular Hbond substituents is 1. The molecule has 0 unspecified atom stereocenters. The maximum atomic E-state index is 14.7. The standard InChI is InChI=1S/C49H63N7O7/c1-8-54-41-18-17-31-25-36(41)37(44(54)35-14-11-19-50-42(35)29(4)62-7)26-49(5,6)27-63-48(61)39-16-12-20-55(52-39)47(60)40(23-30-21-32(31)24-33(57)22-30)51-45(58)43(28(2)3)56-46(59)34-13-9-10-15-38(34)53-56/h11,14,17-19,21-22,24-25,28-29,34,38-40,43,52-53,57H,8-10,12-13,15-16,20,23,26-27H2,1-7H3,(H,51,58)/t29-,34-,38-,39-,40-,43-/m0/s1. The molecule has 6 atom stereocenters. The normalized spacial score (nSPS) is 23.9. The second kappa shape index (κ2) is 18.1. The molecule has 336 valence electrons. The number of methoxy groups -OCH3 is 1. The molecule has 8 rings (SSSR count). The van der Waals surface area contributed by atoms with Crippen LogP contribution in [0.2, 0.25) is 0 Å². The third-order valence-corrected chi connectivity index (χ3v) is 13.5. The molecule has 1 aliphatic carbocycles. The number of nitrogens with one attached hydrogen (secondary N) is 3. The summed E-state index contributed by atoms with van der Waals surface area (Å²) in [4.78, 5) is 61.6. The van der Waals surface area contributed by atoms with Gasteiger partial charge in [0.05, 0.1) is 30.0 Å². The highest BCUT2D eigenvalue weighted by Crippen LogP contribution is 2.42. The van der Waals surface area contributed by atoms with E-state index in [9.17, 15) is 24.3 Å². The number of nitrogens with zero attached hydrogens (tertiary/aromatic N) is 4. The van der Waals surface area contributed by atoms with Crippen molar-refractivity contribution in [1.29, 1.82) is 0 Å². The number of rotatable bonds is 8. The van der Waals surface area contributed by atoms with Gasteiger partial charge in [-0.05, 0) is 111 Å². The van der Waals surface area contributed by atoms with E-state index in [0.717, 1.165) is 70.2 Å². The average Bonchev–Trinajstić information content (AvgIpc) is 3.76. The van der Waals surface area contributed by atoms with E-state index in [-0.39, 0.29) is 48.7 Å². The van der Waals surface area contributed by atoms with Gasteiger partial charge in [0.2, 0.25) is 11.8 Å². The van der Waals surface area contributed by atoms with Gasteiger partial charge in [0.15, 0.2) is 0 Å². The van der Waals surface area contributed by atoms with Crippen LogP contribution in [0.4, 0.5) is 0 Å². The number of phenols is 1. The fraction of sp³-hybridized carbons (Fsp3) is 0.531. The Balaban J connectivity index is 1.23. The Kier molecular flexibility index (Phi) is 12.7. The van der Waals surface area contributed by atoms with Crippen LogP contribution in [-0.4, -0.2) is 92.8 Å². The van der Waals surface area contributed by atoms with Crippen molar-refractivity contribution in [3.63, 3.8) is 0 Å². The summed E-state index contributed by atoms with van der Waals surface area (Å²) in [5.41, 5.74) is 13.1. The van der Waals surface area contributed by atoms with E-state index >= 15 is 0 Å². The van der Waals surface area contributed by atoms with Gasteiger partial charge in [-0.3, -0.25) is 34.2 Å². The molecule has 14 heteroatoms. The van der Waals surface area contributed by atoms with E-state index < -0.39 is 41.3 Å². The number of cyclic esters (lactones) is 1. The van der Waals surface area contributed by atoms with Crippen molar-refractivity contribution >= 4 is 34.6 Å². The minimum atomic E-state index is -1.10. The number of aryl methyl sites for hydroxylation is 1. The first-order chi connectivity index (χ1) is 30.2. The van der Waals surface area contributed by atoms with Crippen LogP contribution < -0.4 is 16.2 Å². The quantitative estimate of drug-likeness (QED) is 0.146. The number of ether oxygens (including phenoxy) is 2. The van der Waals surface area contributed by atoms with Crippen molar-refractivity contribution < 1.29 is 33.8 Å². The Morgan fingerprint density at radius 3 is 2.54 bits per heavy atom. The average molecular weight is 862 g/mol. The number of pyridine rings is 1. The summed E-state index contributed by atoms with van der Waals surface area (Å²) in [6.45, 7) is 13.2. The molecule has 3 fully saturated rings. The molecular formula is C49H63N7O7. The molecule has 6 bridgehead atoms. The van der Waals surface area contributed by atoms with Crippen molar-refractivity contribution in [2.45, 2.75) is 130 Å². The Morgan fingerprint density at radius 2 is 1.79 bits per heavy atom. The van der Waals surface area contributed by atoms with E-state index in [1.807, 2.05) is 39.0 Å². The predicted octanol–water partition coefficient (Wildman–Crippen LogP) is 6.38. The summed E-state index contributed by atoms with van der Waals surface area (Å²) in [5.74, 6) is -1.85. The summed E-state index contributed by atoms with van der Waals surface area (Å²) in [6, 6.07) is 12.8. The number of amides is 3. The molecule has 0 spiro atoms. The molecule has 63 heavy (non-hydrogen) atoms. The monoisotopic (exact) mass is 861 g/mol. The van der Waals surface area contributed by atoms with Gasteiger partial charge in [-0.15, -0.1) is 0 Å². The number of hydrazine groups is 2. The molecule has 14 nitrogen and oxygen atoms in total. The number of hydrogen-bond donors (Lipinski definition) is 4. The first-order valence-electron chi connectivity index (χ1n) is 22.8. The van der Waals surface area contributed by atoms with Crippen molar-refractivity contribution in [2.75, 3.05) is 20.3 Å². The van der Waals surface area contributed by atoms with Crippen molar-refractivity contribution in [2.24, 2.45) is 17.3 Å². The molecule has 0 radical (unpaired) electrons. The van der Waals surface area contributed by atoms with E-state index in [0.29, 0.717) is 37.9 Å². The van der Waals surface area contributed by atoms with Crippen molar-refractivity contribution in [3.05, 3.63) is 71.5 Å². The maximum Gasteiger partial charge on any atom is 0.324 e. The van der Waals surface area contributed by atoms with Gasteiger partial charge in [-0.25, -0.2) is 10.9 Å². The zero-order chi connectivity index (χ0) is 44.7. The van der Waals surface area contributed by atoms with Gasteiger partial charge >= 0.3 is 5.97 Å². The Labute approximate surface area is 370 Å². The number of aromatic hydroxyl groups is 1. The largest absolute Gasteiger partial charge is 0.508 e.